The van der Waals surface area contributed by atoms with Crippen molar-refractivity contribution in [3.63, 3.8) is 0 Å². The van der Waals surface area contributed by atoms with Gasteiger partial charge < -0.3 is 9.80 Å². The molecule has 0 bridgehead atoms. The molecule has 6 nitrogen and oxygen atoms in total. The molecule has 1 fully saturated rings. The van der Waals surface area contributed by atoms with Crippen molar-refractivity contribution in [1.82, 2.24) is 19.6 Å². The predicted octanol–water partition coefficient (Wildman–Crippen LogP) is 2.99. The molecule has 7 heteroatoms. The summed E-state index contributed by atoms with van der Waals surface area (Å²) >= 11 is 1.85. The number of nitrogens with zero attached hydrogens (tertiary/aromatic N) is 5. The van der Waals surface area contributed by atoms with Crippen molar-refractivity contribution >= 4 is 22.8 Å². The second-order valence-corrected chi connectivity index (χ2v) is 8.84. The van der Waals surface area contributed by atoms with E-state index < -0.39 is 0 Å². The largest absolute Gasteiger partial charge is 0.348 e. The molecular weight excluding hydrogens is 370 g/mol. The summed E-state index contributed by atoms with van der Waals surface area (Å²) < 4.78 is 1.90. The van der Waals surface area contributed by atoms with Crippen LogP contribution in [0.15, 0.2) is 35.5 Å². The Morgan fingerprint density at radius 1 is 1.18 bits per heavy atom. The Hall–Kier alpha value is -2.28. The van der Waals surface area contributed by atoms with Crippen LogP contribution in [-0.4, -0.2) is 68.6 Å². The van der Waals surface area contributed by atoms with Crippen LogP contribution in [0.1, 0.15) is 35.5 Å². The highest BCUT2D eigenvalue weighted by Crippen LogP contribution is 2.24. The minimum absolute atomic E-state index is 0.0873. The third kappa shape index (κ3) is 3.68. The van der Waals surface area contributed by atoms with Gasteiger partial charge in [-0.15, -0.1) is 0 Å². The van der Waals surface area contributed by atoms with E-state index in [0.717, 1.165) is 61.3 Å². The number of benzene rings is 1. The average molecular weight is 398 g/mol. The first kappa shape index (κ1) is 19.1. The molecule has 1 aromatic heterocycles. The van der Waals surface area contributed by atoms with Gasteiger partial charge in [0.25, 0.3) is 5.91 Å². The van der Waals surface area contributed by atoms with Crippen molar-refractivity contribution in [3.8, 4) is 5.69 Å². The summed E-state index contributed by atoms with van der Waals surface area (Å²) in [5, 5.41) is 6.23. The van der Waals surface area contributed by atoms with Crippen molar-refractivity contribution in [2.45, 2.75) is 32.4 Å². The molecule has 0 radical (unpaired) electrons. The minimum atomic E-state index is 0.0873. The third-order valence-electron chi connectivity index (χ3n) is 5.34. The molecule has 0 saturated carbocycles. The number of rotatable bonds is 3. The summed E-state index contributed by atoms with van der Waals surface area (Å²) in [4.78, 5) is 22.1. The highest BCUT2D eigenvalue weighted by Gasteiger charge is 2.29. The molecule has 0 aliphatic carbocycles. The predicted molar refractivity (Wildman–Crippen MR) is 115 cm³/mol. The summed E-state index contributed by atoms with van der Waals surface area (Å²) in [5.41, 5.74) is 3.90. The Morgan fingerprint density at radius 2 is 1.89 bits per heavy atom. The van der Waals surface area contributed by atoms with Crippen LogP contribution in [0.3, 0.4) is 0 Å². The SMILES string of the molecule is CCc1c(C(=O)N2CCN(C3=NC[C@H](C)S3)CC2)cnn1-c1ccc(C)cc1. The number of amides is 1. The van der Waals surface area contributed by atoms with Gasteiger partial charge in [-0.3, -0.25) is 9.79 Å². The molecule has 4 rings (SSSR count). The Morgan fingerprint density at radius 3 is 2.50 bits per heavy atom. The Bertz CT molecular complexity index is 881. The second kappa shape index (κ2) is 7.99. The minimum Gasteiger partial charge on any atom is -0.348 e. The van der Waals surface area contributed by atoms with Gasteiger partial charge in [-0.1, -0.05) is 43.3 Å². The van der Waals surface area contributed by atoms with Crippen LogP contribution in [0.4, 0.5) is 0 Å². The molecule has 28 heavy (non-hydrogen) atoms. The van der Waals surface area contributed by atoms with Crippen LogP contribution in [0.25, 0.3) is 5.69 Å². The van der Waals surface area contributed by atoms with Gasteiger partial charge in [-0.2, -0.15) is 5.10 Å². The van der Waals surface area contributed by atoms with Crippen LogP contribution < -0.4 is 0 Å². The van der Waals surface area contributed by atoms with Gasteiger partial charge in [0.15, 0.2) is 5.17 Å². The number of hydrogen-bond acceptors (Lipinski definition) is 5. The fourth-order valence-corrected chi connectivity index (χ4v) is 4.70. The fraction of sp³-hybridized carbons (Fsp3) is 0.476. The van der Waals surface area contributed by atoms with E-state index in [2.05, 4.69) is 60.0 Å². The molecule has 1 saturated heterocycles. The maximum absolute atomic E-state index is 13.2. The van der Waals surface area contributed by atoms with E-state index in [1.165, 1.54) is 5.56 Å². The standard InChI is InChI=1S/C21H27N5OS/c1-4-19-18(14-23-26(19)17-7-5-15(2)6-8-17)20(27)24-9-11-25(12-10-24)21-22-13-16(3)28-21/h5-8,14,16H,4,9-13H2,1-3H3/t16-/m0/s1. The molecule has 0 N–H and O–H groups in total. The van der Waals surface area contributed by atoms with E-state index in [4.69, 9.17) is 0 Å². The third-order valence-corrected chi connectivity index (χ3v) is 6.49. The summed E-state index contributed by atoms with van der Waals surface area (Å²) in [6, 6.07) is 8.24. The summed E-state index contributed by atoms with van der Waals surface area (Å²) in [5.74, 6) is 0.0873. The van der Waals surface area contributed by atoms with Gasteiger partial charge in [-0.05, 0) is 25.5 Å². The van der Waals surface area contributed by atoms with Crippen molar-refractivity contribution in [1.29, 1.82) is 0 Å². The Labute approximate surface area is 170 Å². The van der Waals surface area contributed by atoms with Crippen molar-refractivity contribution in [2.24, 2.45) is 4.99 Å². The molecule has 2 aliphatic rings. The summed E-state index contributed by atoms with van der Waals surface area (Å²) in [7, 11) is 0. The summed E-state index contributed by atoms with van der Waals surface area (Å²) in [6.07, 6.45) is 2.49. The first-order chi connectivity index (χ1) is 13.6. The van der Waals surface area contributed by atoms with Gasteiger partial charge in [0.1, 0.15) is 0 Å². The van der Waals surface area contributed by atoms with E-state index >= 15 is 0 Å². The molecule has 1 atom stereocenters. The zero-order valence-electron chi connectivity index (χ0n) is 16.8. The second-order valence-electron chi connectivity index (χ2n) is 7.44. The van der Waals surface area contributed by atoms with Crippen LogP contribution in [0.2, 0.25) is 0 Å². The number of aryl methyl sites for hydroxylation is 1. The van der Waals surface area contributed by atoms with E-state index in [1.807, 2.05) is 21.3 Å². The molecule has 1 amide bonds. The molecule has 3 heterocycles. The molecule has 1 aromatic carbocycles. The summed E-state index contributed by atoms with van der Waals surface area (Å²) in [6.45, 7) is 10.4. The van der Waals surface area contributed by atoms with Crippen molar-refractivity contribution < 1.29 is 4.79 Å². The van der Waals surface area contributed by atoms with Gasteiger partial charge in [0.05, 0.1) is 29.7 Å². The molecule has 2 aromatic rings. The van der Waals surface area contributed by atoms with Crippen LogP contribution in [0.5, 0.6) is 0 Å². The average Bonchev–Trinajstić information content (AvgIpc) is 3.34. The normalized spacial score (nSPS) is 19.8. The monoisotopic (exact) mass is 397 g/mol. The van der Waals surface area contributed by atoms with E-state index in [9.17, 15) is 4.79 Å². The number of piperazine rings is 1. The lowest BCUT2D eigenvalue weighted by Crippen LogP contribution is -2.50. The molecular formula is C21H27N5OS. The molecule has 2 aliphatic heterocycles. The van der Waals surface area contributed by atoms with Gasteiger partial charge >= 0.3 is 0 Å². The topological polar surface area (TPSA) is 53.7 Å². The highest BCUT2D eigenvalue weighted by molar-refractivity contribution is 8.14. The Kier molecular flexibility index (Phi) is 5.44. The van der Waals surface area contributed by atoms with E-state index in [0.29, 0.717) is 5.25 Å². The first-order valence-electron chi connectivity index (χ1n) is 9.96. The zero-order valence-corrected chi connectivity index (χ0v) is 17.6. The van der Waals surface area contributed by atoms with Crippen LogP contribution >= 0.6 is 11.8 Å². The number of thioether (sulfide) groups is 1. The smallest absolute Gasteiger partial charge is 0.257 e. The zero-order chi connectivity index (χ0) is 19.7. The lowest BCUT2D eigenvalue weighted by molar-refractivity contribution is 0.0692. The van der Waals surface area contributed by atoms with Gasteiger partial charge in [0, 0.05) is 31.4 Å². The van der Waals surface area contributed by atoms with Gasteiger partial charge in [-0.25, -0.2) is 4.68 Å². The fourth-order valence-electron chi connectivity index (χ4n) is 3.71. The maximum Gasteiger partial charge on any atom is 0.257 e. The molecule has 0 unspecified atom stereocenters. The van der Waals surface area contributed by atoms with Gasteiger partial charge in [0.2, 0.25) is 0 Å². The quantitative estimate of drug-likeness (QED) is 0.799. The first-order valence-corrected chi connectivity index (χ1v) is 10.8. The number of hydrogen-bond donors (Lipinski definition) is 0. The lowest BCUT2D eigenvalue weighted by Gasteiger charge is -2.35. The number of carbonyl (C=O) groups excluding carboxylic acids is 1. The lowest BCUT2D eigenvalue weighted by atomic mass is 10.1. The van der Waals surface area contributed by atoms with Crippen LogP contribution in [0, 0.1) is 6.92 Å². The molecule has 148 valence electrons. The maximum atomic E-state index is 13.2. The number of carbonyl (C=O) groups is 1. The van der Waals surface area contributed by atoms with E-state index in [-0.39, 0.29) is 5.91 Å². The number of amidine groups is 1. The van der Waals surface area contributed by atoms with E-state index in [1.54, 1.807) is 6.20 Å². The van der Waals surface area contributed by atoms with Crippen molar-refractivity contribution in [3.05, 3.63) is 47.3 Å². The van der Waals surface area contributed by atoms with Crippen molar-refractivity contribution in [2.75, 3.05) is 32.7 Å². The molecule has 0 spiro atoms. The number of aliphatic imine (C=N–C) groups is 1. The highest BCUT2D eigenvalue weighted by atomic mass is 32.2. The van der Waals surface area contributed by atoms with Crippen LogP contribution in [-0.2, 0) is 6.42 Å². The Balaban J connectivity index is 1.47. The number of aromatic nitrogens is 2.